The molecular formula is C38H56Cl4N2O4. The molecule has 2 rings (SSSR count). The van der Waals surface area contributed by atoms with E-state index in [0.717, 1.165) is 50.0 Å². The number of ketones is 2. The second-order valence-electron chi connectivity index (χ2n) is 12.2. The second kappa shape index (κ2) is 26.3. The number of hydrogen-bond acceptors (Lipinski definition) is 6. The smallest absolute Gasteiger partial charge is 0.167 e. The van der Waals surface area contributed by atoms with Crippen molar-refractivity contribution < 1.29 is 19.1 Å². The van der Waals surface area contributed by atoms with Crippen molar-refractivity contribution in [1.29, 1.82) is 0 Å². The summed E-state index contributed by atoms with van der Waals surface area (Å²) in [5, 5.41) is 0. The fourth-order valence-electron chi connectivity index (χ4n) is 5.69. The van der Waals surface area contributed by atoms with E-state index in [9.17, 15) is 9.59 Å². The van der Waals surface area contributed by atoms with Gasteiger partial charge in [-0.05, 0) is 74.2 Å². The van der Waals surface area contributed by atoms with Crippen molar-refractivity contribution in [1.82, 2.24) is 9.80 Å². The van der Waals surface area contributed by atoms with Crippen LogP contribution in [0.15, 0.2) is 48.5 Å². The first-order chi connectivity index (χ1) is 23.4. The number of benzene rings is 2. The van der Waals surface area contributed by atoms with Crippen LogP contribution >= 0.6 is 46.4 Å². The Labute approximate surface area is 309 Å². The third-order valence-corrected chi connectivity index (χ3v) is 9.15. The van der Waals surface area contributed by atoms with Crippen molar-refractivity contribution in [2.75, 3.05) is 76.0 Å². The maximum Gasteiger partial charge on any atom is 0.167 e. The Morgan fingerprint density at radius 2 is 0.896 bits per heavy atom. The molecule has 0 radical (unpaired) electrons. The van der Waals surface area contributed by atoms with E-state index in [1.165, 1.54) is 0 Å². The molecule has 10 heteroatoms. The van der Waals surface area contributed by atoms with Crippen LogP contribution in [0.1, 0.15) is 85.9 Å². The Balaban J connectivity index is 2.29. The van der Waals surface area contributed by atoms with Gasteiger partial charge in [0, 0.05) is 85.8 Å². The number of nitrogens with zero attached hydrogens (tertiary/aromatic N) is 2. The Bertz CT molecular complexity index is 1040. The first kappa shape index (κ1) is 42.6. The van der Waals surface area contributed by atoms with Crippen LogP contribution in [0.5, 0.6) is 11.5 Å². The number of halogens is 4. The van der Waals surface area contributed by atoms with Gasteiger partial charge in [-0.2, -0.15) is 0 Å². The van der Waals surface area contributed by atoms with Crippen LogP contribution in [-0.2, 0) is 0 Å². The number of unbranched alkanes of at least 4 members (excludes halogenated alkanes) is 4. The van der Waals surface area contributed by atoms with Gasteiger partial charge in [0.1, 0.15) is 11.5 Å². The molecule has 2 aromatic carbocycles. The first-order valence-electron chi connectivity index (χ1n) is 17.6. The van der Waals surface area contributed by atoms with Crippen molar-refractivity contribution in [2.45, 2.75) is 65.2 Å². The van der Waals surface area contributed by atoms with E-state index < -0.39 is 0 Å². The van der Waals surface area contributed by atoms with Crippen molar-refractivity contribution in [3.8, 4) is 11.5 Å². The van der Waals surface area contributed by atoms with Crippen molar-refractivity contribution in [2.24, 2.45) is 11.8 Å². The summed E-state index contributed by atoms with van der Waals surface area (Å²) in [6.45, 7) is 9.14. The normalized spacial score (nSPS) is 12.8. The van der Waals surface area contributed by atoms with E-state index in [-0.39, 0.29) is 23.4 Å². The van der Waals surface area contributed by atoms with E-state index in [1.807, 2.05) is 48.5 Å². The molecule has 0 aliphatic heterocycles. The zero-order chi connectivity index (χ0) is 35.0. The molecule has 0 aliphatic rings. The number of hydrogen-bond donors (Lipinski definition) is 0. The minimum absolute atomic E-state index is 0.0378. The zero-order valence-corrected chi connectivity index (χ0v) is 32.0. The minimum Gasteiger partial charge on any atom is -0.494 e. The summed E-state index contributed by atoms with van der Waals surface area (Å²) < 4.78 is 11.7. The summed E-state index contributed by atoms with van der Waals surface area (Å²) in [5.74, 6) is 2.64. The first-order valence-corrected chi connectivity index (χ1v) is 19.8. The van der Waals surface area contributed by atoms with Gasteiger partial charge in [0.05, 0.1) is 13.2 Å². The van der Waals surface area contributed by atoms with Gasteiger partial charge in [-0.25, -0.2) is 0 Å². The molecule has 0 amide bonds. The van der Waals surface area contributed by atoms with Gasteiger partial charge in [0.15, 0.2) is 11.6 Å². The fraction of sp³-hybridized carbons (Fsp3) is 0.632. The summed E-state index contributed by atoms with van der Waals surface area (Å²) in [6, 6.07) is 14.8. The summed E-state index contributed by atoms with van der Waals surface area (Å²) in [7, 11) is 0. The Kier molecular flexibility index (Phi) is 23.4. The summed E-state index contributed by atoms with van der Waals surface area (Å²) >= 11 is 24.5. The molecule has 6 nitrogen and oxygen atoms in total. The van der Waals surface area contributed by atoms with Gasteiger partial charge in [-0.15, -0.1) is 46.4 Å². The highest BCUT2D eigenvalue weighted by molar-refractivity contribution is 6.18. The zero-order valence-electron chi connectivity index (χ0n) is 29.0. The second-order valence-corrected chi connectivity index (χ2v) is 13.7. The van der Waals surface area contributed by atoms with Gasteiger partial charge >= 0.3 is 0 Å². The molecule has 0 saturated carbocycles. The van der Waals surface area contributed by atoms with E-state index >= 15 is 0 Å². The van der Waals surface area contributed by atoms with Crippen LogP contribution in [0.4, 0.5) is 0 Å². The largest absolute Gasteiger partial charge is 0.494 e. The standard InChI is InChI=1S/C38H56Cl4N2O4/c1-3-5-7-27-47-35-15-11-31(12-16-35)37(45)33(29-43(23-19-39)24-20-40)9-10-34(30-44(25-21-41)26-22-42)38(46)32-13-17-36(18-14-32)48-28-8-6-4-2/h11-18,33-34H,3-10,19-30H2,1-2H3/t33-,34-/m1/s1. The topological polar surface area (TPSA) is 59.1 Å². The number of Topliss-reactive ketones (excluding diaryl/α,β-unsaturated/α-hetero) is 2. The molecule has 0 saturated heterocycles. The average molecular weight is 747 g/mol. The molecule has 0 aromatic heterocycles. The third-order valence-electron chi connectivity index (χ3n) is 8.48. The van der Waals surface area contributed by atoms with E-state index in [1.54, 1.807) is 0 Å². The highest BCUT2D eigenvalue weighted by atomic mass is 35.5. The molecule has 0 unspecified atom stereocenters. The van der Waals surface area contributed by atoms with Crippen molar-refractivity contribution in [3.63, 3.8) is 0 Å². The Morgan fingerprint density at radius 3 is 1.19 bits per heavy atom. The van der Waals surface area contributed by atoms with E-state index in [2.05, 4.69) is 23.6 Å². The van der Waals surface area contributed by atoms with Crippen molar-refractivity contribution in [3.05, 3.63) is 59.7 Å². The lowest BCUT2D eigenvalue weighted by atomic mass is 9.86. The van der Waals surface area contributed by atoms with Gasteiger partial charge < -0.3 is 19.3 Å². The van der Waals surface area contributed by atoms with Crippen LogP contribution in [0.3, 0.4) is 0 Å². The number of rotatable bonds is 29. The third kappa shape index (κ3) is 16.4. The lowest BCUT2D eigenvalue weighted by Gasteiger charge is -2.29. The van der Waals surface area contributed by atoms with Crippen LogP contribution in [0, 0.1) is 11.8 Å². The molecule has 2 atom stereocenters. The summed E-state index contributed by atoms with van der Waals surface area (Å²) in [6.07, 6.45) is 7.56. The SMILES string of the molecule is CCCCCOc1ccc(C(=O)[C@H](CC[C@H](CN(CCCl)CCCl)C(=O)c2ccc(OCCCCC)cc2)CN(CCCl)CCCl)cc1. The van der Waals surface area contributed by atoms with Gasteiger partial charge in [0.2, 0.25) is 0 Å². The van der Waals surface area contributed by atoms with E-state index in [4.69, 9.17) is 55.9 Å². The fourth-order valence-corrected chi connectivity index (χ4v) is 6.65. The van der Waals surface area contributed by atoms with Crippen LogP contribution in [0.2, 0.25) is 0 Å². The van der Waals surface area contributed by atoms with Gasteiger partial charge in [0.25, 0.3) is 0 Å². The molecule has 2 aromatic rings. The molecule has 0 heterocycles. The van der Waals surface area contributed by atoms with Crippen LogP contribution < -0.4 is 9.47 Å². The molecule has 48 heavy (non-hydrogen) atoms. The van der Waals surface area contributed by atoms with Crippen LogP contribution in [0.25, 0.3) is 0 Å². The van der Waals surface area contributed by atoms with Crippen molar-refractivity contribution >= 4 is 58.0 Å². The minimum atomic E-state index is -0.351. The maximum absolute atomic E-state index is 14.1. The number of carbonyl (C=O) groups is 2. The molecule has 0 fully saturated rings. The van der Waals surface area contributed by atoms with Crippen LogP contribution in [-0.4, -0.2) is 97.4 Å². The lowest BCUT2D eigenvalue weighted by molar-refractivity contribution is 0.0816. The Morgan fingerprint density at radius 1 is 0.562 bits per heavy atom. The quantitative estimate of drug-likeness (QED) is 0.0470. The maximum atomic E-state index is 14.1. The number of alkyl halides is 4. The molecule has 0 aliphatic carbocycles. The summed E-state index contributed by atoms with van der Waals surface area (Å²) in [5.41, 5.74) is 1.25. The molecule has 0 bridgehead atoms. The number of carbonyl (C=O) groups excluding carboxylic acids is 2. The average Bonchev–Trinajstić information content (AvgIpc) is 3.10. The molecular weight excluding hydrogens is 690 g/mol. The van der Waals surface area contributed by atoms with E-state index in [0.29, 0.717) is 100.0 Å². The molecule has 270 valence electrons. The lowest BCUT2D eigenvalue weighted by Crippen LogP contribution is -2.38. The van der Waals surface area contributed by atoms with Gasteiger partial charge in [-0.1, -0.05) is 39.5 Å². The number of ether oxygens (including phenoxy) is 2. The highest BCUT2D eigenvalue weighted by Gasteiger charge is 2.28. The Hall–Kier alpha value is -1.54. The predicted octanol–water partition coefficient (Wildman–Crippen LogP) is 9.46. The molecule has 0 N–H and O–H groups in total. The molecule has 0 spiro atoms. The summed E-state index contributed by atoms with van der Waals surface area (Å²) in [4.78, 5) is 32.4. The highest BCUT2D eigenvalue weighted by Crippen LogP contribution is 2.25. The monoisotopic (exact) mass is 744 g/mol. The van der Waals surface area contributed by atoms with Gasteiger partial charge in [-0.3, -0.25) is 9.59 Å². The predicted molar refractivity (Wildman–Crippen MR) is 204 cm³/mol.